The molecule has 0 fully saturated rings. The summed E-state index contributed by atoms with van der Waals surface area (Å²) in [6, 6.07) is 45.1. The normalized spacial score (nSPS) is 16.3. The van der Waals surface area contributed by atoms with Gasteiger partial charge in [0.25, 0.3) is 0 Å². The summed E-state index contributed by atoms with van der Waals surface area (Å²) < 4.78 is 0. The number of hydrogen-bond acceptors (Lipinski definition) is 3. The highest BCUT2D eigenvalue weighted by Gasteiger charge is 2.35. The van der Waals surface area contributed by atoms with E-state index in [2.05, 4.69) is 124 Å². The average molecular weight is 594 g/mol. The van der Waals surface area contributed by atoms with Gasteiger partial charge in [-0.15, -0.1) is 0 Å². The lowest BCUT2D eigenvalue weighted by molar-refractivity contribution is 0.660. The quantitative estimate of drug-likeness (QED) is 0.200. The molecule has 0 aliphatic heterocycles. The van der Waals surface area contributed by atoms with E-state index >= 15 is 0 Å². The van der Waals surface area contributed by atoms with E-state index in [0.717, 1.165) is 23.1 Å². The van der Waals surface area contributed by atoms with E-state index in [1.165, 1.54) is 44.5 Å². The molecule has 2 aliphatic carbocycles. The molecule has 46 heavy (non-hydrogen) atoms. The zero-order chi connectivity index (χ0) is 31.3. The molecule has 0 saturated carbocycles. The summed E-state index contributed by atoms with van der Waals surface area (Å²) in [6.45, 7) is 6.99. The van der Waals surface area contributed by atoms with Crippen molar-refractivity contribution < 1.29 is 0 Å². The Balaban J connectivity index is 1.18. The molecule has 3 nitrogen and oxygen atoms in total. The minimum atomic E-state index is -0.0264. The second-order valence-electron chi connectivity index (χ2n) is 12.9. The molecule has 3 heteroatoms. The molecule has 0 radical (unpaired) electrons. The highest BCUT2D eigenvalue weighted by molar-refractivity contribution is 5.87. The maximum absolute atomic E-state index is 5.00. The van der Waals surface area contributed by atoms with E-state index in [-0.39, 0.29) is 5.41 Å². The van der Waals surface area contributed by atoms with Gasteiger partial charge in [-0.2, -0.15) is 0 Å². The van der Waals surface area contributed by atoms with Crippen LogP contribution in [0, 0.1) is 5.92 Å². The molecule has 5 aromatic carbocycles. The molecule has 0 bridgehead atoms. The third-order valence-corrected chi connectivity index (χ3v) is 9.60. The van der Waals surface area contributed by atoms with E-state index in [0.29, 0.717) is 23.4 Å². The Morgan fingerprint density at radius 1 is 0.522 bits per heavy atom. The van der Waals surface area contributed by atoms with Crippen LogP contribution >= 0.6 is 0 Å². The van der Waals surface area contributed by atoms with Crippen molar-refractivity contribution in [3.63, 3.8) is 0 Å². The Morgan fingerprint density at radius 3 is 1.80 bits per heavy atom. The first-order chi connectivity index (χ1) is 22.5. The summed E-state index contributed by atoms with van der Waals surface area (Å²) in [7, 11) is 0. The Morgan fingerprint density at radius 2 is 1.09 bits per heavy atom. The molecule has 0 spiro atoms. The zero-order valence-electron chi connectivity index (χ0n) is 26.4. The molecular weight excluding hydrogens is 558 g/mol. The van der Waals surface area contributed by atoms with Crippen LogP contribution in [-0.2, 0) is 5.41 Å². The van der Waals surface area contributed by atoms with Crippen molar-refractivity contribution in [2.75, 3.05) is 0 Å². The topological polar surface area (TPSA) is 38.7 Å². The average Bonchev–Trinajstić information content (AvgIpc) is 3.34. The van der Waals surface area contributed by atoms with Crippen LogP contribution in [0.3, 0.4) is 0 Å². The van der Waals surface area contributed by atoms with E-state index in [9.17, 15) is 0 Å². The van der Waals surface area contributed by atoms with Crippen LogP contribution in [0.25, 0.3) is 56.2 Å². The zero-order valence-corrected chi connectivity index (χ0v) is 26.4. The fourth-order valence-corrected chi connectivity index (χ4v) is 7.02. The molecule has 2 aliphatic rings. The summed E-state index contributed by atoms with van der Waals surface area (Å²) in [4.78, 5) is 14.9. The standard InChI is InChI=1S/C43H35N3/c1-28-21-22-34(42-45-40(29-13-6-4-7-14-29)44-41(46-42)30-15-8-5-9-16-30)26-37(28)33-18-12-17-31(25-33)32-23-24-36-35-19-10-11-20-38(35)43(2,3)39(36)27-32/h4-20,22-28H,21H2,1-3H3. The van der Waals surface area contributed by atoms with Crippen LogP contribution < -0.4 is 0 Å². The smallest absolute Gasteiger partial charge is 0.164 e. The van der Waals surface area contributed by atoms with Crippen molar-refractivity contribution in [3.8, 4) is 45.0 Å². The molecule has 1 unspecified atom stereocenters. The Kier molecular flexibility index (Phi) is 6.83. The van der Waals surface area contributed by atoms with Gasteiger partial charge < -0.3 is 0 Å². The molecule has 0 amide bonds. The van der Waals surface area contributed by atoms with E-state index in [1.807, 2.05) is 36.4 Å². The number of fused-ring (bicyclic) bond motifs is 3. The largest absolute Gasteiger partial charge is 0.208 e. The second kappa shape index (κ2) is 11.2. The van der Waals surface area contributed by atoms with Crippen molar-refractivity contribution in [2.45, 2.75) is 32.6 Å². The first-order valence-electron chi connectivity index (χ1n) is 16.1. The number of rotatable bonds is 5. The van der Waals surface area contributed by atoms with E-state index in [4.69, 9.17) is 15.0 Å². The minimum Gasteiger partial charge on any atom is -0.208 e. The number of nitrogens with zero attached hydrogens (tertiary/aromatic N) is 3. The van der Waals surface area contributed by atoms with Gasteiger partial charge in [0.2, 0.25) is 0 Å². The molecule has 222 valence electrons. The van der Waals surface area contributed by atoms with E-state index in [1.54, 1.807) is 0 Å². The van der Waals surface area contributed by atoms with Gasteiger partial charge in [0.1, 0.15) is 0 Å². The van der Waals surface area contributed by atoms with Gasteiger partial charge in [-0.3, -0.25) is 0 Å². The Bertz CT molecular complexity index is 2100. The van der Waals surface area contributed by atoms with Crippen LogP contribution in [0.5, 0.6) is 0 Å². The van der Waals surface area contributed by atoms with Gasteiger partial charge in [-0.05, 0) is 75.1 Å². The number of hydrogen-bond donors (Lipinski definition) is 0. The van der Waals surface area contributed by atoms with Crippen LogP contribution in [0.15, 0.2) is 140 Å². The molecule has 1 heterocycles. The number of allylic oxidation sites excluding steroid dienone is 4. The second-order valence-corrected chi connectivity index (χ2v) is 12.9. The third-order valence-electron chi connectivity index (χ3n) is 9.60. The fraction of sp³-hybridized carbons (Fsp3) is 0.140. The summed E-state index contributed by atoms with van der Waals surface area (Å²) in [5, 5.41) is 0. The Labute approximate surface area is 271 Å². The minimum absolute atomic E-state index is 0.0264. The molecule has 1 atom stereocenters. The van der Waals surface area contributed by atoms with Crippen molar-refractivity contribution in [2.24, 2.45) is 5.92 Å². The molecule has 0 N–H and O–H groups in total. The van der Waals surface area contributed by atoms with Crippen molar-refractivity contribution in [1.82, 2.24) is 15.0 Å². The van der Waals surface area contributed by atoms with Crippen LogP contribution in [0.2, 0.25) is 0 Å². The van der Waals surface area contributed by atoms with Crippen LogP contribution in [-0.4, -0.2) is 15.0 Å². The fourth-order valence-electron chi connectivity index (χ4n) is 7.02. The van der Waals surface area contributed by atoms with Gasteiger partial charge in [-0.25, -0.2) is 15.0 Å². The first kappa shape index (κ1) is 28.1. The highest BCUT2D eigenvalue weighted by atomic mass is 15.0. The summed E-state index contributed by atoms with van der Waals surface area (Å²) >= 11 is 0. The number of benzene rings is 5. The first-order valence-corrected chi connectivity index (χ1v) is 16.1. The molecular formula is C43H35N3. The van der Waals surface area contributed by atoms with Gasteiger partial charge >= 0.3 is 0 Å². The lowest BCUT2D eigenvalue weighted by Crippen LogP contribution is -2.14. The van der Waals surface area contributed by atoms with Crippen molar-refractivity contribution in [1.29, 1.82) is 0 Å². The van der Waals surface area contributed by atoms with Gasteiger partial charge in [0.15, 0.2) is 17.5 Å². The van der Waals surface area contributed by atoms with Gasteiger partial charge in [0, 0.05) is 22.1 Å². The summed E-state index contributed by atoms with van der Waals surface area (Å²) in [6.07, 6.45) is 5.48. The summed E-state index contributed by atoms with van der Waals surface area (Å²) in [5.74, 6) is 2.44. The Hall–Kier alpha value is -5.41. The SMILES string of the molecule is CC1CC=C(c2nc(-c3ccccc3)nc(-c3ccccc3)n2)C=C1c1cccc(-c2ccc3c(c2)C(C)(C)c2ccccc2-3)c1. The predicted molar refractivity (Wildman–Crippen MR) is 190 cm³/mol. The monoisotopic (exact) mass is 593 g/mol. The molecule has 6 aromatic rings. The molecule has 8 rings (SSSR count). The molecule has 1 aromatic heterocycles. The van der Waals surface area contributed by atoms with Crippen LogP contribution in [0.1, 0.15) is 49.7 Å². The lowest BCUT2D eigenvalue weighted by Gasteiger charge is -2.23. The van der Waals surface area contributed by atoms with Crippen molar-refractivity contribution in [3.05, 3.63) is 162 Å². The lowest BCUT2D eigenvalue weighted by atomic mass is 9.81. The number of aromatic nitrogens is 3. The van der Waals surface area contributed by atoms with Gasteiger partial charge in [-0.1, -0.05) is 142 Å². The maximum Gasteiger partial charge on any atom is 0.164 e. The summed E-state index contributed by atoms with van der Waals surface area (Å²) in [5.41, 5.74) is 13.5. The van der Waals surface area contributed by atoms with Crippen molar-refractivity contribution >= 4 is 11.1 Å². The highest BCUT2D eigenvalue weighted by Crippen LogP contribution is 2.49. The predicted octanol–water partition coefficient (Wildman–Crippen LogP) is 10.7. The van der Waals surface area contributed by atoms with E-state index < -0.39 is 0 Å². The van der Waals surface area contributed by atoms with Gasteiger partial charge in [0.05, 0.1) is 0 Å². The third kappa shape index (κ3) is 4.89. The molecule has 0 saturated heterocycles. The maximum atomic E-state index is 5.00. The van der Waals surface area contributed by atoms with Crippen LogP contribution in [0.4, 0.5) is 0 Å².